The fraction of sp³-hybridized carbons (Fsp3) is 0.583. The van der Waals surface area contributed by atoms with Crippen LogP contribution in [-0.2, 0) is 28.7 Å². The van der Waals surface area contributed by atoms with Crippen LogP contribution in [-0.4, -0.2) is 74.2 Å². The maximum atomic E-state index is 12.9. The van der Waals surface area contributed by atoms with Crippen molar-refractivity contribution in [2.75, 3.05) is 36.1 Å². The van der Waals surface area contributed by atoms with Crippen LogP contribution in [0.1, 0.15) is 38.5 Å². The smallest absolute Gasteiger partial charge is 0.292 e. The summed E-state index contributed by atoms with van der Waals surface area (Å²) >= 11 is 0. The van der Waals surface area contributed by atoms with Gasteiger partial charge in [-0.25, -0.2) is 9.80 Å². The third-order valence-corrected chi connectivity index (χ3v) is 7.14. The molecule has 4 N–H and O–H groups in total. The molecule has 0 spiro atoms. The highest BCUT2D eigenvalue weighted by molar-refractivity contribution is 6.23. The van der Waals surface area contributed by atoms with E-state index in [1.807, 2.05) is 10.6 Å². The third-order valence-electron chi connectivity index (χ3n) is 7.14. The Morgan fingerprint density at radius 3 is 1.47 bits per heavy atom. The summed E-state index contributed by atoms with van der Waals surface area (Å²) in [5.74, 6) is -0.979. The molecule has 4 fully saturated rings. The Bertz CT molecular complexity index is 878. The summed E-state index contributed by atoms with van der Waals surface area (Å²) in [6.45, 7) is 2.84. The number of nitrogens with zero attached hydrogens (tertiary/aromatic N) is 2. The van der Waals surface area contributed by atoms with Crippen molar-refractivity contribution < 1.29 is 39.3 Å². The zero-order valence-corrected chi connectivity index (χ0v) is 19.2. The summed E-state index contributed by atoms with van der Waals surface area (Å²) in [5.41, 5.74) is 0.903. The standard InChI is InChI=1S/C24H30N4O6/c29-21-11-19(25-13-17-3-1-9-33-17)23(31)27(21)15-5-7-16(8-6-15)28-22(30)12-20(24(28)32)26-14-18-4-2-10-34-18/h5-8,17-20,25-26H,1-4,9-14H2/p+2/t17-,18+,19-,20+. The molecule has 0 radical (unpaired) electrons. The molecule has 5 rings (SSSR count). The molecule has 4 saturated heterocycles. The van der Waals surface area contributed by atoms with Crippen LogP contribution in [0.25, 0.3) is 0 Å². The minimum Gasteiger partial charge on any atom is -0.372 e. The van der Waals surface area contributed by atoms with Crippen molar-refractivity contribution in [3.63, 3.8) is 0 Å². The van der Waals surface area contributed by atoms with Crippen molar-refractivity contribution in [3.8, 4) is 0 Å². The number of imide groups is 2. The SMILES string of the molecule is O=C1C[C@H]([NH2+]C[C@@H]2CCCO2)C(=O)N1c1ccc(N2C(=O)C[C@@H]([NH2+]C[C@H]3CCCO3)C2=O)cc1. The Morgan fingerprint density at radius 2 is 1.12 bits per heavy atom. The van der Waals surface area contributed by atoms with Crippen LogP contribution in [0.4, 0.5) is 11.4 Å². The van der Waals surface area contributed by atoms with E-state index in [2.05, 4.69) is 0 Å². The van der Waals surface area contributed by atoms with Crippen LogP contribution in [0, 0.1) is 0 Å². The van der Waals surface area contributed by atoms with Gasteiger partial charge < -0.3 is 20.1 Å². The van der Waals surface area contributed by atoms with E-state index < -0.39 is 12.1 Å². The average Bonchev–Trinajstić information content (AvgIpc) is 3.61. The Labute approximate surface area is 197 Å². The van der Waals surface area contributed by atoms with Gasteiger partial charge in [-0.3, -0.25) is 19.2 Å². The van der Waals surface area contributed by atoms with Gasteiger partial charge in [0.05, 0.1) is 24.2 Å². The zero-order chi connectivity index (χ0) is 23.7. The molecule has 10 nitrogen and oxygen atoms in total. The molecule has 1 aromatic carbocycles. The van der Waals surface area contributed by atoms with Gasteiger partial charge in [0.2, 0.25) is 11.8 Å². The molecule has 0 aromatic heterocycles. The summed E-state index contributed by atoms with van der Waals surface area (Å²) in [7, 11) is 0. The Kier molecular flexibility index (Phi) is 6.73. The van der Waals surface area contributed by atoms with Gasteiger partial charge in [0, 0.05) is 13.2 Å². The molecular formula is C24H32N4O6+2. The lowest BCUT2D eigenvalue weighted by Gasteiger charge is -2.18. The predicted molar refractivity (Wildman–Crippen MR) is 120 cm³/mol. The normalized spacial score (nSPS) is 29.8. The van der Waals surface area contributed by atoms with Crippen molar-refractivity contribution >= 4 is 35.0 Å². The summed E-state index contributed by atoms with van der Waals surface area (Å²) in [6, 6.07) is 5.60. The van der Waals surface area contributed by atoms with Gasteiger partial charge in [-0.2, -0.15) is 0 Å². The van der Waals surface area contributed by atoms with Crippen molar-refractivity contribution in [2.45, 2.75) is 62.8 Å². The number of rotatable bonds is 8. The highest BCUT2D eigenvalue weighted by Crippen LogP contribution is 2.27. The van der Waals surface area contributed by atoms with Crippen LogP contribution in [0.5, 0.6) is 0 Å². The maximum absolute atomic E-state index is 12.9. The third kappa shape index (κ3) is 4.63. The van der Waals surface area contributed by atoms with Crippen LogP contribution < -0.4 is 20.4 Å². The molecule has 4 heterocycles. The second-order valence-electron chi connectivity index (χ2n) is 9.49. The minimum atomic E-state index is -0.446. The van der Waals surface area contributed by atoms with Gasteiger partial charge in [0.15, 0.2) is 12.1 Å². The zero-order valence-electron chi connectivity index (χ0n) is 19.2. The van der Waals surface area contributed by atoms with Gasteiger partial charge in [0.1, 0.15) is 25.3 Å². The van der Waals surface area contributed by atoms with Crippen LogP contribution in [0.3, 0.4) is 0 Å². The second kappa shape index (κ2) is 9.91. The lowest BCUT2D eigenvalue weighted by atomic mass is 10.2. The number of carbonyl (C=O) groups excluding carboxylic acids is 4. The molecule has 34 heavy (non-hydrogen) atoms. The van der Waals surface area contributed by atoms with E-state index in [1.165, 1.54) is 9.80 Å². The Balaban J connectivity index is 1.20. The van der Waals surface area contributed by atoms with E-state index in [-0.39, 0.29) is 48.7 Å². The lowest BCUT2D eigenvalue weighted by Crippen LogP contribution is -2.93. The van der Waals surface area contributed by atoms with Crippen molar-refractivity contribution in [3.05, 3.63) is 24.3 Å². The molecule has 0 unspecified atom stereocenters. The van der Waals surface area contributed by atoms with Crippen molar-refractivity contribution in [1.29, 1.82) is 0 Å². The number of hydrogen-bond acceptors (Lipinski definition) is 6. The molecule has 0 saturated carbocycles. The van der Waals surface area contributed by atoms with Crippen LogP contribution in [0.2, 0.25) is 0 Å². The average molecular weight is 473 g/mol. The van der Waals surface area contributed by atoms with E-state index >= 15 is 0 Å². The fourth-order valence-corrected chi connectivity index (χ4v) is 5.26. The number of nitrogens with two attached hydrogens (primary N) is 2. The molecule has 4 atom stereocenters. The Morgan fingerprint density at radius 1 is 0.706 bits per heavy atom. The largest absolute Gasteiger partial charge is 0.372 e. The maximum Gasteiger partial charge on any atom is 0.292 e. The molecule has 10 heteroatoms. The number of anilines is 2. The molecule has 4 aliphatic rings. The summed E-state index contributed by atoms with van der Waals surface area (Å²) in [4.78, 5) is 53.3. The quantitative estimate of drug-likeness (QED) is 0.441. The molecular weight excluding hydrogens is 440 g/mol. The van der Waals surface area contributed by atoms with Gasteiger partial charge in [-0.1, -0.05) is 0 Å². The first-order valence-electron chi connectivity index (χ1n) is 12.2. The summed E-state index contributed by atoms with van der Waals surface area (Å²) in [6.07, 6.45) is 4.61. The molecule has 0 aliphatic carbocycles. The molecule has 0 bridgehead atoms. The highest BCUT2D eigenvalue weighted by Gasteiger charge is 2.44. The first kappa shape index (κ1) is 23.1. The monoisotopic (exact) mass is 472 g/mol. The Hall–Kier alpha value is -2.66. The second-order valence-corrected chi connectivity index (χ2v) is 9.49. The number of hydrogen-bond donors (Lipinski definition) is 2. The molecule has 4 amide bonds. The molecule has 1 aromatic rings. The van der Waals surface area contributed by atoms with E-state index in [4.69, 9.17) is 9.47 Å². The predicted octanol–water partition coefficient (Wildman–Crippen LogP) is -1.56. The number of ether oxygens (including phenoxy) is 2. The number of amides is 4. The van der Waals surface area contributed by atoms with Crippen molar-refractivity contribution in [1.82, 2.24) is 0 Å². The molecule has 182 valence electrons. The van der Waals surface area contributed by atoms with Gasteiger partial charge in [-0.05, 0) is 49.9 Å². The van der Waals surface area contributed by atoms with Crippen LogP contribution in [0.15, 0.2) is 24.3 Å². The first-order valence-corrected chi connectivity index (χ1v) is 12.2. The van der Waals surface area contributed by atoms with Crippen molar-refractivity contribution in [2.24, 2.45) is 0 Å². The van der Waals surface area contributed by atoms with E-state index in [9.17, 15) is 19.2 Å². The molecule has 4 aliphatic heterocycles. The number of carbonyl (C=O) groups is 4. The minimum absolute atomic E-state index is 0.138. The van der Waals surface area contributed by atoms with E-state index in [1.54, 1.807) is 24.3 Å². The number of quaternary nitrogens is 2. The van der Waals surface area contributed by atoms with Crippen LogP contribution >= 0.6 is 0 Å². The van der Waals surface area contributed by atoms with E-state index in [0.29, 0.717) is 24.5 Å². The van der Waals surface area contributed by atoms with Gasteiger partial charge >= 0.3 is 0 Å². The van der Waals surface area contributed by atoms with Gasteiger partial charge in [-0.15, -0.1) is 0 Å². The van der Waals surface area contributed by atoms with Gasteiger partial charge in [0.25, 0.3) is 11.8 Å². The topological polar surface area (TPSA) is 126 Å². The summed E-state index contributed by atoms with van der Waals surface area (Å²) < 4.78 is 11.2. The fourth-order valence-electron chi connectivity index (χ4n) is 5.26. The highest BCUT2D eigenvalue weighted by atomic mass is 16.5. The van der Waals surface area contributed by atoms with E-state index in [0.717, 1.165) is 38.9 Å². The number of benzene rings is 1. The lowest BCUT2D eigenvalue weighted by molar-refractivity contribution is -0.680. The summed E-state index contributed by atoms with van der Waals surface area (Å²) in [5, 5.41) is 3.80. The first-order chi connectivity index (χ1) is 16.5.